The van der Waals surface area contributed by atoms with E-state index in [1.165, 1.54) is 12.3 Å². The van der Waals surface area contributed by atoms with Crippen LogP contribution in [-0.2, 0) is 6.42 Å². The van der Waals surface area contributed by atoms with Crippen LogP contribution in [0.5, 0.6) is 0 Å². The molecule has 0 aliphatic carbocycles. The average molecular weight is 195 g/mol. The molecule has 0 saturated heterocycles. The summed E-state index contributed by atoms with van der Waals surface area (Å²) in [4.78, 5) is 0. The number of aliphatic hydroxyl groups excluding tert-OH is 1. The summed E-state index contributed by atoms with van der Waals surface area (Å²) in [6.07, 6.45) is 2.56. The molecule has 14 heavy (non-hydrogen) atoms. The normalized spacial score (nSPS) is 11.0. The molecule has 0 unspecified atom stereocenters. The molecule has 74 valence electrons. The number of hydrogen-bond donors (Lipinski definition) is 1. The Morgan fingerprint density at radius 3 is 3.00 bits per heavy atom. The summed E-state index contributed by atoms with van der Waals surface area (Å²) in [5.41, 5.74) is 0.624. The first-order valence-electron chi connectivity index (χ1n) is 4.41. The molecular formula is C9H10FN3O. The number of rotatable bonds is 3. The highest BCUT2D eigenvalue weighted by Gasteiger charge is 2.04. The predicted octanol–water partition coefficient (Wildman–Crippen LogP) is 0.793. The van der Waals surface area contributed by atoms with Crippen LogP contribution < -0.4 is 0 Å². The molecule has 0 aromatic carbocycles. The van der Waals surface area contributed by atoms with Gasteiger partial charge in [0.25, 0.3) is 0 Å². The van der Waals surface area contributed by atoms with Crippen LogP contribution in [0.3, 0.4) is 0 Å². The van der Waals surface area contributed by atoms with Gasteiger partial charge in [0.2, 0.25) is 0 Å². The van der Waals surface area contributed by atoms with Gasteiger partial charge in [-0.15, -0.1) is 10.2 Å². The molecule has 0 bridgehead atoms. The van der Waals surface area contributed by atoms with E-state index >= 15 is 0 Å². The highest BCUT2D eigenvalue weighted by atomic mass is 19.1. The Morgan fingerprint density at radius 1 is 1.36 bits per heavy atom. The second-order valence-electron chi connectivity index (χ2n) is 3.02. The van der Waals surface area contributed by atoms with Gasteiger partial charge >= 0.3 is 0 Å². The summed E-state index contributed by atoms with van der Waals surface area (Å²) in [5, 5.41) is 16.4. The number of halogens is 1. The zero-order chi connectivity index (χ0) is 9.97. The van der Waals surface area contributed by atoms with Crippen LogP contribution in [0, 0.1) is 5.82 Å². The van der Waals surface area contributed by atoms with Crippen LogP contribution >= 0.6 is 0 Å². The standard InChI is InChI=1S/C9H10FN3O/c10-7-3-4-9-12-11-8(2-1-5-14)13(9)6-7/h3-4,6,14H,1-2,5H2. The van der Waals surface area contributed by atoms with Gasteiger partial charge in [-0.25, -0.2) is 4.39 Å². The fraction of sp³-hybridized carbons (Fsp3) is 0.333. The van der Waals surface area contributed by atoms with Gasteiger partial charge in [0, 0.05) is 19.2 Å². The SMILES string of the molecule is OCCCc1nnc2ccc(F)cn12. The van der Waals surface area contributed by atoms with E-state index in [4.69, 9.17) is 5.11 Å². The Morgan fingerprint density at radius 2 is 2.21 bits per heavy atom. The Labute approximate surface area is 80.0 Å². The summed E-state index contributed by atoms with van der Waals surface area (Å²) >= 11 is 0. The smallest absolute Gasteiger partial charge is 0.160 e. The molecule has 0 spiro atoms. The molecule has 0 aliphatic rings. The molecule has 2 aromatic heterocycles. The van der Waals surface area contributed by atoms with Crippen molar-refractivity contribution in [2.75, 3.05) is 6.61 Å². The van der Waals surface area contributed by atoms with Crippen molar-refractivity contribution in [3.63, 3.8) is 0 Å². The third kappa shape index (κ3) is 1.58. The van der Waals surface area contributed by atoms with Crippen molar-refractivity contribution in [2.45, 2.75) is 12.8 Å². The molecule has 5 heteroatoms. The van der Waals surface area contributed by atoms with E-state index in [0.29, 0.717) is 24.3 Å². The van der Waals surface area contributed by atoms with E-state index < -0.39 is 0 Å². The molecule has 0 radical (unpaired) electrons. The lowest BCUT2D eigenvalue weighted by Gasteiger charge is -1.97. The van der Waals surface area contributed by atoms with Crippen molar-refractivity contribution in [1.82, 2.24) is 14.6 Å². The highest BCUT2D eigenvalue weighted by molar-refractivity contribution is 5.37. The Balaban J connectivity index is 2.40. The van der Waals surface area contributed by atoms with Gasteiger partial charge in [0.05, 0.1) is 0 Å². The minimum atomic E-state index is -0.317. The molecule has 1 N–H and O–H groups in total. The Hall–Kier alpha value is -1.49. The molecule has 0 saturated carbocycles. The molecule has 2 aromatic rings. The first kappa shape index (κ1) is 9.08. The van der Waals surface area contributed by atoms with Gasteiger partial charge in [-0.05, 0) is 18.6 Å². The van der Waals surface area contributed by atoms with E-state index in [9.17, 15) is 4.39 Å². The Kier molecular flexibility index (Phi) is 2.41. The van der Waals surface area contributed by atoms with E-state index in [1.54, 1.807) is 10.5 Å². The van der Waals surface area contributed by atoms with Crippen LogP contribution in [0.4, 0.5) is 4.39 Å². The van der Waals surface area contributed by atoms with Crippen LogP contribution in [0.2, 0.25) is 0 Å². The lowest BCUT2D eigenvalue weighted by molar-refractivity contribution is 0.287. The van der Waals surface area contributed by atoms with Crippen molar-refractivity contribution >= 4 is 5.65 Å². The Bertz CT molecular complexity index is 441. The monoisotopic (exact) mass is 195 g/mol. The van der Waals surface area contributed by atoms with Crippen molar-refractivity contribution in [3.05, 3.63) is 30.0 Å². The van der Waals surface area contributed by atoms with Gasteiger partial charge in [0.1, 0.15) is 11.6 Å². The number of hydrogen-bond acceptors (Lipinski definition) is 3. The number of aryl methyl sites for hydroxylation is 1. The van der Waals surface area contributed by atoms with Crippen LogP contribution in [-0.4, -0.2) is 26.3 Å². The summed E-state index contributed by atoms with van der Waals surface area (Å²) in [6, 6.07) is 2.92. The van der Waals surface area contributed by atoms with Gasteiger partial charge in [-0.2, -0.15) is 0 Å². The molecule has 2 rings (SSSR count). The van der Waals surface area contributed by atoms with E-state index in [0.717, 1.165) is 0 Å². The number of nitrogens with zero attached hydrogens (tertiary/aromatic N) is 3. The fourth-order valence-corrected chi connectivity index (χ4v) is 1.32. The first-order chi connectivity index (χ1) is 6.81. The largest absolute Gasteiger partial charge is 0.396 e. The molecule has 2 heterocycles. The summed E-state index contributed by atoms with van der Waals surface area (Å²) in [6.45, 7) is 0.101. The maximum absolute atomic E-state index is 12.9. The van der Waals surface area contributed by atoms with Crippen LogP contribution in [0.1, 0.15) is 12.2 Å². The van der Waals surface area contributed by atoms with E-state index in [-0.39, 0.29) is 12.4 Å². The lowest BCUT2D eigenvalue weighted by Crippen LogP contribution is -1.97. The molecule has 0 fully saturated rings. The number of aromatic nitrogens is 3. The van der Waals surface area contributed by atoms with E-state index in [2.05, 4.69) is 10.2 Å². The third-order valence-electron chi connectivity index (χ3n) is 2.00. The third-order valence-corrected chi connectivity index (χ3v) is 2.00. The molecule has 0 amide bonds. The minimum absolute atomic E-state index is 0.101. The maximum atomic E-state index is 12.9. The maximum Gasteiger partial charge on any atom is 0.160 e. The molecule has 0 aliphatic heterocycles. The quantitative estimate of drug-likeness (QED) is 0.787. The van der Waals surface area contributed by atoms with Gasteiger partial charge in [0.15, 0.2) is 5.65 Å². The summed E-state index contributed by atoms with van der Waals surface area (Å²) < 4.78 is 14.5. The summed E-state index contributed by atoms with van der Waals surface area (Å²) in [7, 11) is 0. The topological polar surface area (TPSA) is 50.4 Å². The van der Waals surface area contributed by atoms with Gasteiger partial charge in [-0.3, -0.25) is 4.40 Å². The zero-order valence-electron chi connectivity index (χ0n) is 7.52. The average Bonchev–Trinajstić information content (AvgIpc) is 2.57. The molecular weight excluding hydrogens is 185 g/mol. The van der Waals surface area contributed by atoms with Gasteiger partial charge in [-0.1, -0.05) is 0 Å². The van der Waals surface area contributed by atoms with Crippen molar-refractivity contribution < 1.29 is 9.50 Å². The van der Waals surface area contributed by atoms with Crippen molar-refractivity contribution in [1.29, 1.82) is 0 Å². The van der Waals surface area contributed by atoms with Gasteiger partial charge < -0.3 is 5.11 Å². The van der Waals surface area contributed by atoms with Crippen molar-refractivity contribution in [3.8, 4) is 0 Å². The van der Waals surface area contributed by atoms with E-state index in [1.807, 2.05) is 0 Å². The lowest BCUT2D eigenvalue weighted by atomic mass is 10.3. The predicted molar refractivity (Wildman–Crippen MR) is 48.4 cm³/mol. The summed E-state index contributed by atoms with van der Waals surface area (Å²) in [5.74, 6) is 0.357. The molecule has 4 nitrogen and oxygen atoms in total. The minimum Gasteiger partial charge on any atom is -0.396 e. The number of pyridine rings is 1. The van der Waals surface area contributed by atoms with Crippen molar-refractivity contribution in [2.24, 2.45) is 0 Å². The van der Waals surface area contributed by atoms with Crippen LogP contribution in [0.25, 0.3) is 5.65 Å². The zero-order valence-corrected chi connectivity index (χ0v) is 7.52. The second kappa shape index (κ2) is 3.71. The highest BCUT2D eigenvalue weighted by Crippen LogP contribution is 2.07. The molecule has 0 atom stereocenters. The first-order valence-corrected chi connectivity index (χ1v) is 4.41. The number of aliphatic hydroxyl groups is 1. The van der Waals surface area contributed by atoms with Crippen LogP contribution in [0.15, 0.2) is 18.3 Å². The second-order valence-corrected chi connectivity index (χ2v) is 3.02. The number of fused-ring (bicyclic) bond motifs is 1. The fourth-order valence-electron chi connectivity index (χ4n) is 1.32.